The van der Waals surface area contributed by atoms with Crippen molar-refractivity contribution in [2.75, 3.05) is 0 Å². The third kappa shape index (κ3) is 4.59. The molecule has 47 heavy (non-hydrogen) atoms. The summed E-state index contributed by atoms with van der Waals surface area (Å²) in [6, 6.07) is 40.5. The van der Waals surface area contributed by atoms with E-state index in [1.54, 1.807) is 0 Å². The van der Waals surface area contributed by atoms with E-state index in [9.17, 15) is 0 Å². The van der Waals surface area contributed by atoms with E-state index in [4.69, 9.17) is 8.83 Å². The van der Waals surface area contributed by atoms with Crippen LogP contribution in [0.3, 0.4) is 0 Å². The molecule has 0 bridgehead atoms. The van der Waals surface area contributed by atoms with Crippen LogP contribution in [0.1, 0.15) is 29.5 Å². The van der Waals surface area contributed by atoms with Crippen LogP contribution >= 0.6 is 0 Å². The predicted octanol–water partition coefficient (Wildman–Crippen LogP) is 12.2. The first kappa shape index (κ1) is 27.3. The molecule has 7 aromatic rings. The molecule has 0 aliphatic heterocycles. The van der Waals surface area contributed by atoms with Crippen LogP contribution in [0.25, 0.3) is 78.5 Å². The van der Waals surface area contributed by atoms with Crippen molar-refractivity contribution >= 4 is 33.6 Å². The van der Waals surface area contributed by atoms with Gasteiger partial charge in [0, 0.05) is 45.0 Å². The Labute approximate surface area is 274 Å². The van der Waals surface area contributed by atoms with E-state index in [0.717, 1.165) is 85.3 Å². The Balaban J connectivity index is 1.32. The van der Waals surface area contributed by atoms with Gasteiger partial charge >= 0.3 is 0 Å². The summed E-state index contributed by atoms with van der Waals surface area (Å²) in [4.78, 5) is 0. The minimum Gasteiger partial charge on any atom is -0.455 e. The minimum absolute atomic E-state index is 0.639. The minimum atomic E-state index is 0.639. The quantitative estimate of drug-likeness (QED) is 0.183. The van der Waals surface area contributed by atoms with E-state index >= 15 is 0 Å². The molecule has 0 unspecified atom stereocenters. The number of para-hydroxylation sites is 2. The number of hydrogen-bond acceptors (Lipinski definition) is 2. The Bertz CT molecular complexity index is 2480. The van der Waals surface area contributed by atoms with Crippen molar-refractivity contribution in [2.24, 2.45) is 0 Å². The van der Waals surface area contributed by atoms with Crippen LogP contribution in [-0.4, -0.2) is 0 Å². The normalized spacial score (nSPS) is 13.7. The van der Waals surface area contributed by atoms with Gasteiger partial charge in [-0.3, -0.25) is 0 Å². The van der Waals surface area contributed by atoms with Gasteiger partial charge in [-0.05, 0) is 52.8 Å². The zero-order chi connectivity index (χ0) is 31.2. The van der Waals surface area contributed by atoms with E-state index in [2.05, 4.69) is 139 Å². The second-order valence-corrected chi connectivity index (χ2v) is 12.1. The van der Waals surface area contributed by atoms with Crippen LogP contribution in [0, 0.1) is 11.8 Å². The van der Waals surface area contributed by atoms with Gasteiger partial charge in [0.1, 0.15) is 22.7 Å². The van der Waals surface area contributed by atoms with Crippen molar-refractivity contribution < 1.29 is 8.83 Å². The molecule has 2 heteroatoms. The van der Waals surface area contributed by atoms with E-state index in [1.165, 1.54) is 16.7 Å². The summed E-state index contributed by atoms with van der Waals surface area (Å²) in [6.07, 6.45) is 13.2. The predicted molar refractivity (Wildman–Crippen MR) is 195 cm³/mol. The van der Waals surface area contributed by atoms with Gasteiger partial charge in [0.15, 0.2) is 0 Å². The summed E-state index contributed by atoms with van der Waals surface area (Å²) < 4.78 is 13.7. The Morgan fingerprint density at radius 1 is 0.596 bits per heavy atom. The number of benzene rings is 5. The molecule has 0 fully saturated rings. The maximum absolute atomic E-state index is 7.14. The van der Waals surface area contributed by atoms with Gasteiger partial charge in [-0.15, -0.1) is 0 Å². The first-order valence-electron chi connectivity index (χ1n) is 16.2. The molecule has 9 rings (SSSR count). The number of furan rings is 2. The lowest BCUT2D eigenvalue weighted by Gasteiger charge is -2.17. The standard InChI is InChI=1S/C45H30O2/c1-2-5-19-31(18-4-1)42-34(37-27-15-26-36-33-21-12-13-29-41(33)46-43(36)37)25-14-28-40(42)45-39-24-11-10-23-38(39)44(47-45)35-22-9-8-20-32(35)30-16-6-3-7-17-30/h1,3-4,6-10,12-18,20-23,25-29H,11,19,24H2. The molecule has 0 amide bonds. The van der Waals surface area contributed by atoms with Crippen LogP contribution in [-0.2, 0) is 6.42 Å². The average Bonchev–Trinajstić information content (AvgIpc) is 3.59. The van der Waals surface area contributed by atoms with Crippen molar-refractivity contribution in [2.45, 2.75) is 19.3 Å². The molecule has 2 aliphatic carbocycles. The summed E-state index contributed by atoms with van der Waals surface area (Å²) in [5.41, 5.74) is 13.2. The van der Waals surface area contributed by atoms with Gasteiger partial charge in [-0.2, -0.15) is 0 Å². The summed E-state index contributed by atoms with van der Waals surface area (Å²) in [6.45, 7) is 0. The van der Waals surface area contributed by atoms with Gasteiger partial charge in [-0.1, -0.05) is 145 Å². The number of fused-ring (bicyclic) bond motifs is 4. The first-order valence-corrected chi connectivity index (χ1v) is 16.2. The maximum atomic E-state index is 7.14. The Kier molecular flexibility index (Phi) is 6.61. The molecule has 0 spiro atoms. The average molecular weight is 603 g/mol. The fraction of sp³-hybridized carbons (Fsp3) is 0.0667. The fourth-order valence-corrected chi connectivity index (χ4v) is 7.22. The molecular weight excluding hydrogens is 572 g/mol. The molecule has 2 aliphatic rings. The van der Waals surface area contributed by atoms with Gasteiger partial charge in [-0.25, -0.2) is 0 Å². The second-order valence-electron chi connectivity index (χ2n) is 12.1. The van der Waals surface area contributed by atoms with Crippen molar-refractivity contribution in [1.29, 1.82) is 0 Å². The highest BCUT2D eigenvalue weighted by Gasteiger charge is 2.28. The zero-order valence-corrected chi connectivity index (χ0v) is 25.8. The van der Waals surface area contributed by atoms with Crippen LogP contribution in [0.5, 0.6) is 0 Å². The third-order valence-electron chi connectivity index (χ3n) is 9.33. The van der Waals surface area contributed by atoms with Gasteiger partial charge in [0.05, 0.1) is 0 Å². The largest absolute Gasteiger partial charge is 0.455 e. The van der Waals surface area contributed by atoms with E-state index in [-0.39, 0.29) is 0 Å². The molecule has 0 saturated heterocycles. The van der Waals surface area contributed by atoms with Crippen LogP contribution < -0.4 is 0 Å². The SMILES string of the molecule is C1#CCC(c2c(-c3oc(-c4ccccc4-c4ccccc4)c4c3CCC=C4)cccc2-c2cccc3c2oc2ccccc23)=CC=C1. The molecule has 2 aromatic heterocycles. The van der Waals surface area contributed by atoms with E-state index in [1.807, 2.05) is 18.2 Å². The summed E-state index contributed by atoms with van der Waals surface area (Å²) in [5.74, 6) is 8.38. The van der Waals surface area contributed by atoms with Crippen LogP contribution in [0.15, 0.2) is 148 Å². The molecule has 0 atom stereocenters. The monoisotopic (exact) mass is 602 g/mol. The molecule has 0 radical (unpaired) electrons. The molecular formula is C45H30O2. The second kappa shape index (κ2) is 11.4. The highest BCUT2D eigenvalue weighted by atomic mass is 16.3. The molecule has 2 nitrogen and oxygen atoms in total. The summed E-state index contributed by atoms with van der Waals surface area (Å²) >= 11 is 0. The van der Waals surface area contributed by atoms with Crippen molar-refractivity contribution in [1.82, 2.24) is 0 Å². The lowest BCUT2D eigenvalue weighted by molar-refractivity contribution is 0.594. The summed E-state index contributed by atoms with van der Waals surface area (Å²) in [7, 11) is 0. The Morgan fingerprint density at radius 2 is 1.34 bits per heavy atom. The van der Waals surface area contributed by atoms with Gasteiger partial charge < -0.3 is 8.83 Å². The number of allylic oxidation sites excluding steroid dienone is 5. The fourth-order valence-electron chi connectivity index (χ4n) is 7.22. The van der Waals surface area contributed by atoms with Crippen molar-refractivity contribution in [3.8, 4) is 56.7 Å². The molecule has 5 aromatic carbocycles. The molecule has 2 heterocycles. The van der Waals surface area contributed by atoms with E-state index < -0.39 is 0 Å². The maximum Gasteiger partial charge on any atom is 0.143 e. The Hall–Kier alpha value is -6.04. The topological polar surface area (TPSA) is 26.3 Å². The molecule has 0 saturated carbocycles. The van der Waals surface area contributed by atoms with Gasteiger partial charge in [0.25, 0.3) is 0 Å². The third-order valence-corrected chi connectivity index (χ3v) is 9.33. The lowest BCUT2D eigenvalue weighted by Crippen LogP contribution is -1.98. The Morgan fingerprint density at radius 3 is 2.28 bits per heavy atom. The van der Waals surface area contributed by atoms with Crippen molar-refractivity contribution in [3.63, 3.8) is 0 Å². The van der Waals surface area contributed by atoms with Crippen LogP contribution in [0.2, 0.25) is 0 Å². The zero-order valence-electron chi connectivity index (χ0n) is 25.8. The molecule has 0 N–H and O–H groups in total. The van der Waals surface area contributed by atoms with Gasteiger partial charge in [0.2, 0.25) is 0 Å². The summed E-state index contributed by atoms with van der Waals surface area (Å²) in [5, 5.41) is 2.24. The van der Waals surface area contributed by atoms with Crippen LogP contribution in [0.4, 0.5) is 0 Å². The molecule has 222 valence electrons. The first-order chi connectivity index (χ1) is 23.3. The van der Waals surface area contributed by atoms with E-state index in [0.29, 0.717) is 6.42 Å². The number of rotatable bonds is 5. The smallest absolute Gasteiger partial charge is 0.143 e. The highest BCUT2D eigenvalue weighted by Crippen LogP contribution is 2.48. The highest BCUT2D eigenvalue weighted by molar-refractivity contribution is 6.11. The van der Waals surface area contributed by atoms with Crippen molar-refractivity contribution in [3.05, 3.63) is 156 Å². The number of hydrogen-bond donors (Lipinski definition) is 0. The lowest BCUT2D eigenvalue weighted by atomic mass is 9.85.